The molecule has 0 radical (unpaired) electrons. The molecule has 0 aromatic heterocycles. The first-order valence-corrected chi connectivity index (χ1v) is 9.22. The quantitative estimate of drug-likeness (QED) is 0.833. The minimum absolute atomic E-state index is 0.0727. The van der Waals surface area contributed by atoms with E-state index in [0.29, 0.717) is 38.5 Å². The lowest BCUT2D eigenvalue weighted by Gasteiger charge is -2.39. The summed E-state index contributed by atoms with van der Waals surface area (Å²) in [6, 6.07) is 12.3. The molecule has 0 N–H and O–H groups in total. The monoisotopic (exact) mass is 370 g/mol. The molecule has 0 aliphatic carbocycles. The first-order chi connectivity index (χ1) is 13.1. The van der Waals surface area contributed by atoms with E-state index >= 15 is 0 Å². The number of ether oxygens (including phenoxy) is 2. The summed E-state index contributed by atoms with van der Waals surface area (Å²) >= 11 is 0. The van der Waals surface area contributed by atoms with E-state index in [1.165, 1.54) is 12.1 Å². The van der Waals surface area contributed by atoms with Crippen LogP contribution in [0.1, 0.15) is 17.2 Å². The topological polar surface area (TPSA) is 42.0 Å². The van der Waals surface area contributed by atoms with Gasteiger partial charge < -0.3 is 14.4 Å². The summed E-state index contributed by atoms with van der Waals surface area (Å²) < 4.78 is 24.4. The molecule has 6 heteroatoms. The highest BCUT2D eigenvalue weighted by molar-refractivity contribution is 5.79. The van der Waals surface area contributed by atoms with Gasteiger partial charge in [-0.2, -0.15) is 0 Å². The van der Waals surface area contributed by atoms with E-state index in [-0.39, 0.29) is 17.8 Å². The molecule has 1 saturated heterocycles. The van der Waals surface area contributed by atoms with Crippen LogP contribution in [0.3, 0.4) is 0 Å². The van der Waals surface area contributed by atoms with Crippen molar-refractivity contribution in [3.63, 3.8) is 0 Å². The first kappa shape index (κ1) is 17.8. The van der Waals surface area contributed by atoms with E-state index in [4.69, 9.17) is 9.47 Å². The Morgan fingerprint density at radius 3 is 2.59 bits per heavy atom. The fourth-order valence-electron chi connectivity index (χ4n) is 3.63. The average Bonchev–Trinajstić information content (AvgIpc) is 2.69. The van der Waals surface area contributed by atoms with E-state index in [2.05, 4.69) is 4.90 Å². The van der Waals surface area contributed by atoms with Gasteiger partial charge in [0.15, 0.2) is 11.5 Å². The second-order valence-corrected chi connectivity index (χ2v) is 7.04. The maximum absolute atomic E-state index is 13.2. The van der Waals surface area contributed by atoms with Gasteiger partial charge in [-0.1, -0.05) is 18.2 Å². The third kappa shape index (κ3) is 3.90. The number of halogens is 1. The maximum Gasteiger partial charge on any atom is 0.227 e. The lowest BCUT2D eigenvalue weighted by Crippen LogP contribution is -2.49. The summed E-state index contributed by atoms with van der Waals surface area (Å²) in [5, 5.41) is 0. The largest absolute Gasteiger partial charge is 0.486 e. The molecule has 0 spiro atoms. The molecule has 2 heterocycles. The van der Waals surface area contributed by atoms with Gasteiger partial charge in [-0.15, -0.1) is 0 Å². The highest BCUT2D eigenvalue weighted by atomic mass is 19.1. The second-order valence-electron chi connectivity index (χ2n) is 7.04. The van der Waals surface area contributed by atoms with Gasteiger partial charge in [0.25, 0.3) is 0 Å². The van der Waals surface area contributed by atoms with E-state index in [0.717, 1.165) is 23.4 Å². The van der Waals surface area contributed by atoms with Crippen LogP contribution in [0.25, 0.3) is 0 Å². The van der Waals surface area contributed by atoms with E-state index in [9.17, 15) is 9.18 Å². The highest BCUT2D eigenvalue weighted by Gasteiger charge is 2.28. The molecular weight excluding hydrogens is 347 g/mol. The molecule has 27 heavy (non-hydrogen) atoms. The molecule has 2 aromatic rings. The van der Waals surface area contributed by atoms with E-state index in [1.54, 1.807) is 12.1 Å². The lowest BCUT2D eigenvalue weighted by atomic mass is 10.0. The molecular formula is C21H23FN2O3. The third-order valence-electron chi connectivity index (χ3n) is 5.22. The minimum atomic E-state index is -0.247. The molecule has 2 aliphatic heterocycles. The Labute approximate surface area is 158 Å². The Bertz CT molecular complexity index is 825. The number of amides is 1. The fraction of sp³-hybridized carbons (Fsp3) is 0.381. The molecule has 1 unspecified atom stereocenters. The molecule has 1 fully saturated rings. The Hall–Kier alpha value is -2.60. The predicted molar refractivity (Wildman–Crippen MR) is 99.5 cm³/mol. The van der Waals surface area contributed by atoms with Gasteiger partial charge in [0.1, 0.15) is 19.0 Å². The molecule has 2 aromatic carbocycles. The summed E-state index contributed by atoms with van der Waals surface area (Å²) in [7, 11) is 2.04. The van der Waals surface area contributed by atoms with Crippen molar-refractivity contribution in [2.24, 2.45) is 0 Å². The summed E-state index contributed by atoms with van der Waals surface area (Å²) in [4.78, 5) is 17.0. The number of carbonyl (C=O) groups excluding carboxylic acids is 1. The number of piperazine rings is 1. The van der Waals surface area contributed by atoms with Crippen LogP contribution in [0.5, 0.6) is 11.5 Å². The molecule has 1 atom stereocenters. The zero-order chi connectivity index (χ0) is 18.8. The molecule has 5 nitrogen and oxygen atoms in total. The van der Waals surface area contributed by atoms with Crippen molar-refractivity contribution in [3.8, 4) is 11.5 Å². The first-order valence-electron chi connectivity index (χ1n) is 9.22. The van der Waals surface area contributed by atoms with Crippen molar-refractivity contribution in [1.82, 2.24) is 9.80 Å². The number of hydrogen-bond acceptors (Lipinski definition) is 4. The van der Waals surface area contributed by atoms with Crippen molar-refractivity contribution in [2.45, 2.75) is 12.5 Å². The van der Waals surface area contributed by atoms with Crippen LogP contribution in [0.2, 0.25) is 0 Å². The Balaban J connectivity index is 1.44. The van der Waals surface area contributed by atoms with Crippen molar-refractivity contribution < 1.29 is 18.7 Å². The van der Waals surface area contributed by atoms with Crippen molar-refractivity contribution in [3.05, 3.63) is 59.4 Å². The van der Waals surface area contributed by atoms with Crippen LogP contribution in [0.4, 0.5) is 4.39 Å². The molecule has 0 saturated carbocycles. The standard InChI is InChI=1S/C21H23FN2O3/c1-23-8-9-24(14-18(23)16-3-5-17(22)6-4-16)21(25)13-15-2-7-19-20(12-15)27-11-10-26-19/h2-7,12,18H,8-11,13-14H2,1H3. The van der Waals surface area contributed by atoms with Gasteiger partial charge in [0.05, 0.1) is 12.5 Å². The normalized spacial score (nSPS) is 19.8. The minimum Gasteiger partial charge on any atom is -0.486 e. The summed E-state index contributed by atoms with van der Waals surface area (Å²) in [6.07, 6.45) is 0.330. The number of carbonyl (C=O) groups is 1. The zero-order valence-corrected chi connectivity index (χ0v) is 15.4. The van der Waals surface area contributed by atoms with Gasteiger partial charge >= 0.3 is 0 Å². The zero-order valence-electron chi connectivity index (χ0n) is 15.4. The number of hydrogen-bond donors (Lipinski definition) is 0. The van der Waals surface area contributed by atoms with E-state index in [1.807, 2.05) is 30.1 Å². The van der Waals surface area contributed by atoms with Crippen LogP contribution in [-0.4, -0.2) is 55.6 Å². The lowest BCUT2D eigenvalue weighted by molar-refractivity contribution is -0.133. The van der Waals surface area contributed by atoms with Crippen LogP contribution < -0.4 is 9.47 Å². The predicted octanol–water partition coefficient (Wildman–Crippen LogP) is 2.65. The number of fused-ring (bicyclic) bond motifs is 1. The maximum atomic E-state index is 13.2. The summed E-state index contributed by atoms with van der Waals surface area (Å²) in [6.45, 7) is 3.16. The van der Waals surface area contributed by atoms with Gasteiger partial charge in [-0.05, 0) is 42.4 Å². The highest BCUT2D eigenvalue weighted by Crippen LogP contribution is 2.31. The number of benzene rings is 2. The van der Waals surface area contributed by atoms with Gasteiger partial charge in [0.2, 0.25) is 5.91 Å². The second kappa shape index (κ2) is 7.56. The van der Waals surface area contributed by atoms with Crippen LogP contribution in [-0.2, 0) is 11.2 Å². The molecule has 0 bridgehead atoms. The van der Waals surface area contributed by atoms with Gasteiger partial charge in [0, 0.05) is 19.6 Å². The smallest absolute Gasteiger partial charge is 0.227 e. The molecule has 2 aliphatic rings. The Morgan fingerprint density at radius 2 is 1.81 bits per heavy atom. The van der Waals surface area contributed by atoms with Crippen LogP contribution in [0, 0.1) is 5.82 Å². The average molecular weight is 370 g/mol. The van der Waals surface area contributed by atoms with E-state index < -0.39 is 0 Å². The third-order valence-corrected chi connectivity index (χ3v) is 5.22. The van der Waals surface area contributed by atoms with Crippen LogP contribution in [0.15, 0.2) is 42.5 Å². The molecule has 142 valence electrons. The van der Waals surface area contributed by atoms with Crippen molar-refractivity contribution >= 4 is 5.91 Å². The van der Waals surface area contributed by atoms with Gasteiger partial charge in [-0.25, -0.2) is 4.39 Å². The fourth-order valence-corrected chi connectivity index (χ4v) is 3.63. The number of likely N-dealkylation sites (N-methyl/N-ethyl adjacent to an activating group) is 1. The van der Waals surface area contributed by atoms with Crippen molar-refractivity contribution in [1.29, 1.82) is 0 Å². The molecule has 4 rings (SSSR count). The number of rotatable bonds is 3. The Morgan fingerprint density at radius 1 is 1.07 bits per heavy atom. The summed E-state index contributed by atoms with van der Waals surface area (Å²) in [5.74, 6) is 1.28. The van der Waals surface area contributed by atoms with Crippen molar-refractivity contribution in [2.75, 3.05) is 39.9 Å². The number of nitrogens with zero attached hydrogens (tertiary/aromatic N) is 2. The molecule has 1 amide bonds. The SMILES string of the molecule is CN1CCN(C(=O)Cc2ccc3c(c2)OCCO3)CC1c1ccc(F)cc1. The Kier molecular flexibility index (Phi) is 4.99. The summed E-state index contributed by atoms with van der Waals surface area (Å²) in [5.41, 5.74) is 1.94. The van der Waals surface area contributed by atoms with Crippen LogP contribution >= 0.6 is 0 Å². The van der Waals surface area contributed by atoms with Gasteiger partial charge in [-0.3, -0.25) is 9.69 Å².